The van der Waals surface area contributed by atoms with Crippen LogP contribution in [0, 0.1) is 19.3 Å². The van der Waals surface area contributed by atoms with Gasteiger partial charge in [-0.2, -0.15) is 0 Å². The maximum Gasteiger partial charge on any atom is 0.309 e. The Labute approximate surface area is 221 Å². The van der Waals surface area contributed by atoms with Crippen LogP contribution in [-0.4, -0.2) is 36.2 Å². The first-order valence-corrected chi connectivity index (χ1v) is 13.5. The van der Waals surface area contributed by atoms with Crippen molar-refractivity contribution in [3.63, 3.8) is 0 Å². The van der Waals surface area contributed by atoms with Gasteiger partial charge in [0.1, 0.15) is 12.0 Å². The molecule has 0 aliphatic heterocycles. The maximum atomic E-state index is 13.5. The lowest BCUT2D eigenvalue weighted by Gasteiger charge is -2.20. The van der Waals surface area contributed by atoms with Crippen LogP contribution in [0.4, 0.5) is 5.82 Å². The fourth-order valence-electron chi connectivity index (χ4n) is 3.85. The molecule has 2 aromatic carbocycles. The average molecular weight is 539 g/mol. The number of hydrogen-bond donors (Lipinski definition) is 3. The molecule has 2 heterocycles. The van der Waals surface area contributed by atoms with Crippen molar-refractivity contribution in [1.82, 2.24) is 15.5 Å². The van der Waals surface area contributed by atoms with E-state index in [-0.39, 0.29) is 10.7 Å². The van der Waals surface area contributed by atoms with Crippen LogP contribution in [-0.2, 0) is 21.4 Å². The second-order valence-electron chi connectivity index (χ2n) is 9.64. The second-order valence-corrected chi connectivity index (χ2v) is 11.3. The zero-order valence-corrected chi connectivity index (χ0v) is 22.4. The number of carboxylic acids is 1. The molecule has 0 bridgehead atoms. The quantitative estimate of drug-likeness (QED) is 0.224. The van der Waals surface area contributed by atoms with Crippen LogP contribution < -0.4 is 10.0 Å². The van der Waals surface area contributed by atoms with Gasteiger partial charge < -0.3 is 19.4 Å². The molecule has 0 saturated carbocycles. The number of aryl methyl sites for hydroxylation is 1. The Hall–Kier alpha value is -3.96. The Bertz CT molecular complexity index is 1540. The summed E-state index contributed by atoms with van der Waals surface area (Å²) in [6, 6.07) is 12.2. The molecule has 0 aliphatic rings. The summed E-state index contributed by atoms with van der Waals surface area (Å²) in [6.45, 7) is 7.61. The van der Waals surface area contributed by atoms with E-state index in [0.717, 1.165) is 11.1 Å². The SMILES string of the molecule is Cc1onc(NS(=O)(=O)c2ccccc2-c2ccc(-c3ncco3)cc2CNCCC(C)(C)C(=O)O)c1C. The van der Waals surface area contributed by atoms with Crippen molar-refractivity contribution in [2.45, 2.75) is 45.6 Å². The summed E-state index contributed by atoms with van der Waals surface area (Å²) >= 11 is 0. The number of carboxylic acid groups (broad SMARTS) is 1. The minimum atomic E-state index is -4.01. The van der Waals surface area contributed by atoms with Crippen molar-refractivity contribution in [3.8, 4) is 22.6 Å². The Morgan fingerprint density at radius 2 is 1.87 bits per heavy atom. The van der Waals surface area contributed by atoms with Gasteiger partial charge in [0.25, 0.3) is 10.0 Å². The smallest absolute Gasteiger partial charge is 0.309 e. The van der Waals surface area contributed by atoms with Gasteiger partial charge in [-0.15, -0.1) is 0 Å². The lowest BCUT2D eigenvalue weighted by molar-refractivity contribution is -0.147. The molecular weight excluding hydrogens is 508 g/mol. The molecule has 0 fully saturated rings. The maximum absolute atomic E-state index is 13.5. The zero-order valence-electron chi connectivity index (χ0n) is 21.6. The van der Waals surface area contributed by atoms with Gasteiger partial charge in [0, 0.05) is 23.2 Å². The summed E-state index contributed by atoms with van der Waals surface area (Å²) in [4.78, 5) is 15.8. The molecule has 200 valence electrons. The van der Waals surface area contributed by atoms with Gasteiger partial charge in [0.2, 0.25) is 5.89 Å². The highest BCUT2D eigenvalue weighted by atomic mass is 32.2. The standard InChI is InChI=1S/C27H30N4O6S/c1-17-18(2)37-30-24(17)31-38(34,35)23-8-6-5-7-22(23)21-10-9-19(25-29-13-14-36-25)15-20(21)16-28-12-11-27(3,4)26(32)33/h5-10,13-15,28H,11-12,16H2,1-4H3,(H,30,31)(H,32,33). The van der Waals surface area contributed by atoms with Crippen LogP contribution in [0.15, 0.2) is 68.8 Å². The van der Waals surface area contributed by atoms with Crippen LogP contribution in [0.25, 0.3) is 22.6 Å². The summed E-state index contributed by atoms with van der Waals surface area (Å²) in [5.41, 5.74) is 2.45. The van der Waals surface area contributed by atoms with E-state index in [1.54, 1.807) is 52.1 Å². The third kappa shape index (κ3) is 5.79. The van der Waals surface area contributed by atoms with Gasteiger partial charge in [-0.05, 0) is 70.0 Å². The normalized spacial score (nSPS) is 12.0. The molecule has 38 heavy (non-hydrogen) atoms. The van der Waals surface area contributed by atoms with E-state index in [9.17, 15) is 18.3 Å². The second kappa shape index (κ2) is 10.8. The van der Waals surface area contributed by atoms with E-state index in [2.05, 4.69) is 20.2 Å². The van der Waals surface area contributed by atoms with Crippen molar-refractivity contribution in [3.05, 3.63) is 71.8 Å². The predicted molar refractivity (Wildman–Crippen MR) is 142 cm³/mol. The molecule has 2 aromatic heterocycles. The van der Waals surface area contributed by atoms with E-state index >= 15 is 0 Å². The summed E-state index contributed by atoms with van der Waals surface area (Å²) in [7, 11) is -4.01. The number of oxazole rings is 1. The number of benzene rings is 2. The minimum Gasteiger partial charge on any atom is -0.481 e. The van der Waals surface area contributed by atoms with E-state index < -0.39 is 21.4 Å². The highest BCUT2D eigenvalue weighted by molar-refractivity contribution is 7.92. The number of anilines is 1. The van der Waals surface area contributed by atoms with E-state index in [1.165, 1.54) is 12.3 Å². The number of aromatic nitrogens is 2. The van der Waals surface area contributed by atoms with Crippen molar-refractivity contribution >= 4 is 21.8 Å². The molecule has 0 aliphatic carbocycles. The van der Waals surface area contributed by atoms with Crippen molar-refractivity contribution in [2.24, 2.45) is 5.41 Å². The van der Waals surface area contributed by atoms with E-state index in [1.807, 2.05) is 18.2 Å². The van der Waals surface area contributed by atoms with Gasteiger partial charge in [-0.1, -0.05) is 29.4 Å². The average Bonchev–Trinajstić information content (AvgIpc) is 3.53. The van der Waals surface area contributed by atoms with Crippen molar-refractivity contribution < 1.29 is 27.3 Å². The molecule has 4 aromatic rings. The Balaban J connectivity index is 1.70. The first-order valence-electron chi connectivity index (χ1n) is 12.0. The third-order valence-corrected chi connectivity index (χ3v) is 7.86. The molecule has 0 unspecified atom stereocenters. The van der Waals surface area contributed by atoms with Crippen LogP contribution in [0.3, 0.4) is 0 Å². The predicted octanol–water partition coefficient (Wildman–Crippen LogP) is 5.00. The van der Waals surface area contributed by atoms with Crippen LogP contribution in [0.2, 0.25) is 0 Å². The molecule has 0 radical (unpaired) electrons. The number of carbonyl (C=O) groups is 1. The molecule has 0 saturated heterocycles. The summed E-state index contributed by atoms with van der Waals surface area (Å²) in [5, 5.41) is 16.5. The first kappa shape index (κ1) is 27.1. The fourth-order valence-corrected chi connectivity index (χ4v) is 5.13. The van der Waals surface area contributed by atoms with Crippen LogP contribution >= 0.6 is 0 Å². The van der Waals surface area contributed by atoms with Crippen molar-refractivity contribution in [2.75, 3.05) is 11.3 Å². The largest absolute Gasteiger partial charge is 0.481 e. The molecule has 0 atom stereocenters. The number of nitrogens with zero attached hydrogens (tertiary/aromatic N) is 2. The summed E-state index contributed by atoms with van der Waals surface area (Å²) in [5.74, 6) is 0.233. The monoisotopic (exact) mass is 538 g/mol. The number of sulfonamides is 1. The number of hydrogen-bond acceptors (Lipinski definition) is 8. The number of aliphatic carboxylic acids is 1. The van der Waals surface area contributed by atoms with Gasteiger partial charge in [-0.25, -0.2) is 13.4 Å². The Kier molecular flexibility index (Phi) is 7.70. The molecule has 4 rings (SSSR count). The fraction of sp³-hybridized carbons (Fsp3) is 0.296. The van der Waals surface area contributed by atoms with E-state index in [4.69, 9.17) is 8.94 Å². The Morgan fingerprint density at radius 3 is 2.53 bits per heavy atom. The molecule has 0 amide bonds. The first-order chi connectivity index (χ1) is 18.0. The topological polar surface area (TPSA) is 148 Å². The molecule has 10 nitrogen and oxygen atoms in total. The van der Waals surface area contributed by atoms with Crippen LogP contribution in [0.1, 0.15) is 37.2 Å². The zero-order chi connectivity index (χ0) is 27.5. The van der Waals surface area contributed by atoms with E-state index in [0.29, 0.717) is 47.9 Å². The molecule has 3 N–H and O–H groups in total. The molecular formula is C27H30N4O6S. The highest BCUT2D eigenvalue weighted by Crippen LogP contribution is 2.34. The number of rotatable bonds is 11. The third-order valence-electron chi connectivity index (χ3n) is 6.46. The summed E-state index contributed by atoms with van der Waals surface area (Å²) < 4.78 is 40.0. The van der Waals surface area contributed by atoms with Crippen LogP contribution in [0.5, 0.6) is 0 Å². The van der Waals surface area contributed by atoms with Gasteiger partial charge in [0.15, 0.2) is 5.82 Å². The molecule has 0 spiro atoms. The highest BCUT2D eigenvalue weighted by Gasteiger charge is 2.27. The Morgan fingerprint density at radius 1 is 1.11 bits per heavy atom. The lowest BCUT2D eigenvalue weighted by atomic mass is 9.89. The van der Waals surface area contributed by atoms with Gasteiger partial charge >= 0.3 is 5.97 Å². The summed E-state index contributed by atoms with van der Waals surface area (Å²) in [6.07, 6.45) is 3.45. The van der Waals surface area contributed by atoms with Gasteiger partial charge in [0.05, 0.1) is 16.5 Å². The number of nitrogens with one attached hydrogen (secondary N) is 2. The molecule has 11 heteroatoms. The lowest BCUT2D eigenvalue weighted by Crippen LogP contribution is -2.29. The van der Waals surface area contributed by atoms with Crippen molar-refractivity contribution in [1.29, 1.82) is 0 Å². The minimum absolute atomic E-state index is 0.0807. The van der Waals surface area contributed by atoms with Gasteiger partial charge in [-0.3, -0.25) is 9.52 Å².